The third kappa shape index (κ3) is 1.08. The van der Waals surface area contributed by atoms with E-state index in [9.17, 15) is 0 Å². The Balaban J connectivity index is 2.47. The van der Waals surface area contributed by atoms with E-state index >= 15 is 0 Å². The summed E-state index contributed by atoms with van der Waals surface area (Å²) >= 11 is 0. The Morgan fingerprint density at radius 1 is 1.33 bits per heavy atom. The maximum absolute atomic E-state index is 2.35. The number of rotatable bonds is 1. The molecule has 2 rings (SSSR count). The Bertz CT molecular complexity index is 332. The fourth-order valence-corrected chi connectivity index (χ4v) is 1.88. The van der Waals surface area contributed by atoms with Crippen molar-refractivity contribution < 1.29 is 0 Å². The average Bonchev–Trinajstić information content (AvgIpc) is 2.46. The first kappa shape index (κ1) is 7.60. The van der Waals surface area contributed by atoms with Crippen LogP contribution in [0.3, 0.4) is 0 Å². The molecule has 0 heterocycles. The fourth-order valence-electron chi connectivity index (χ4n) is 1.88. The lowest BCUT2D eigenvalue weighted by molar-refractivity contribution is 1.24. The predicted molar refractivity (Wildman–Crippen MR) is 53.2 cm³/mol. The van der Waals surface area contributed by atoms with Gasteiger partial charge in [-0.3, -0.25) is 0 Å². The Kier molecular flexibility index (Phi) is 1.76. The highest BCUT2D eigenvalue weighted by molar-refractivity contribution is 5.73. The zero-order valence-corrected chi connectivity index (χ0v) is 7.72. The largest absolute Gasteiger partial charge is 0.0763 e. The second-order valence-corrected chi connectivity index (χ2v) is 3.45. The second kappa shape index (κ2) is 2.78. The van der Waals surface area contributed by atoms with Crippen LogP contribution in [0.4, 0.5) is 0 Å². The summed E-state index contributed by atoms with van der Waals surface area (Å²) in [5.74, 6) is 0. The molecule has 0 heteroatoms. The van der Waals surface area contributed by atoms with E-state index in [0.717, 1.165) is 12.8 Å². The van der Waals surface area contributed by atoms with Crippen LogP contribution in [-0.2, 0) is 6.42 Å². The first-order valence-electron chi connectivity index (χ1n) is 4.60. The molecule has 0 aromatic heterocycles. The molecule has 0 radical (unpaired) electrons. The zero-order valence-electron chi connectivity index (χ0n) is 7.72. The molecule has 0 bridgehead atoms. The second-order valence-electron chi connectivity index (χ2n) is 3.45. The lowest BCUT2D eigenvalue weighted by Gasteiger charge is -2.03. The van der Waals surface area contributed by atoms with Crippen LogP contribution in [0.5, 0.6) is 0 Å². The van der Waals surface area contributed by atoms with Crippen LogP contribution in [0.25, 0.3) is 5.57 Å². The molecule has 0 fully saturated rings. The topological polar surface area (TPSA) is 0 Å². The normalized spacial score (nSPS) is 14.3. The van der Waals surface area contributed by atoms with Crippen LogP contribution in [0.2, 0.25) is 0 Å². The molecule has 0 aliphatic heterocycles. The third-order valence-corrected chi connectivity index (χ3v) is 2.56. The summed E-state index contributed by atoms with van der Waals surface area (Å²) < 4.78 is 0. The lowest BCUT2D eigenvalue weighted by atomic mass is 10.0. The molecule has 1 aromatic rings. The molecule has 0 N–H and O–H groups in total. The summed E-state index contributed by atoms with van der Waals surface area (Å²) in [6.07, 6.45) is 4.65. The smallest absolute Gasteiger partial charge is 0.00853 e. The molecular weight excluding hydrogens is 144 g/mol. The Morgan fingerprint density at radius 3 is 2.92 bits per heavy atom. The van der Waals surface area contributed by atoms with E-state index in [2.05, 4.69) is 38.1 Å². The van der Waals surface area contributed by atoms with Gasteiger partial charge in [0.05, 0.1) is 0 Å². The Morgan fingerprint density at radius 2 is 2.17 bits per heavy atom. The van der Waals surface area contributed by atoms with Crippen molar-refractivity contribution in [2.75, 3.05) is 0 Å². The highest BCUT2D eigenvalue weighted by atomic mass is 14.2. The number of hydrogen-bond donors (Lipinski definition) is 0. The van der Waals surface area contributed by atoms with Gasteiger partial charge in [0.15, 0.2) is 0 Å². The Hall–Kier alpha value is -1.04. The van der Waals surface area contributed by atoms with Crippen molar-refractivity contribution in [2.45, 2.75) is 26.7 Å². The first-order valence-corrected chi connectivity index (χ1v) is 4.60. The van der Waals surface area contributed by atoms with Crippen LogP contribution in [-0.4, -0.2) is 0 Å². The van der Waals surface area contributed by atoms with Crippen molar-refractivity contribution in [1.82, 2.24) is 0 Å². The van der Waals surface area contributed by atoms with Gasteiger partial charge in [0.25, 0.3) is 0 Å². The monoisotopic (exact) mass is 158 g/mol. The highest BCUT2D eigenvalue weighted by Gasteiger charge is 2.11. The van der Waals surface area contributed by atoms with Crippen LogP contribution in [0.15, 0.2) is 24.3 Å². The molecular formula is C12H14. The molecule has 0 saturated carbocycles. The van der Waals surface area contributed by atoms with Gasteiger partial charge in [-0.25, -0.2) is 0 Å². The standard InChI is InChI=1S/C12H14/c1-3-10-5-6-11-8-9(2)4-7-12(10)11/h4-5,7-8H,3,6H2,1-2H3. The van der Waals surface area contributed by atoms with Crippen molar-refractivity contribution in [3.05, 3.63) is 41.0 Å². The summed E-state index contributed by atoms with van der Waals surface area (Å²) in [6, 6.07) is 6.76. The quantitative estimate of drug-likeness (QED) is 0.588. The summed E-state index contributed by atoms with van der Waals surface area (Å²) in [5, 5.41) is 0. The molecule has 0 nitrogen and oxygen atoms in total. The van der Waals surface area contributed by atoms with Crippen molar-refractivity contribution in [1.29, 1.82) is 0 Å². The van der Waals surface area contributed by atoms with Gasteiger partial charge < -0.3 is 0 Å². The SMILES string of the molecule is CCC1=CCc2cc(C)ccc21. The van der Waals surface area contributed by atoms with Crippen molar-refractivity contribution in [3.63, 3.8) is 0 Å². The van der Waals surface area contributed by atoms with E-state index in [1.807, 2.05) is 0 Å². The number of allylic oxidation sites excluding steroid dienone is 2. The zero-order chi connectivity index (χ0) is 8.55. The summed E-state index contributed by atoms with van der Waals surface area (Å²) in [5.41, 5.74) is 5.87. The molecule has 0 amide bonds. The molecule has 1 aromatic carbocycles. The van der Waals surface area contributed by atoms with Crippen LogP contribution >= 0.6 is 0 Å². The summed E-state index contributed by atoms with van der Waals surface area (Å²) in [7, 11) is 0. The summed E-state index contributed by atoms with van der Waals surface area (Å²) in [6.45, 7) is 4.38. The minimum Gasteiger partial charge on any atom is -0.0763 e. The van der Waals surface area contributed by atoms with E-state index in [-0.39, 0.29) is 0 Å². The highest BCUT2D eigenvalue weighted by Crippen LogP contribution is 2.29. The van der Waals surface area contributed by atoms with Crippen molar-refractivity contribution in [3.8, 4) is 0 Å². The van der Waals surface area contributed by atoms with Crippen molar-refractivity contribution >= 4 is 5.57 Å². The number of hydrogen-bond acceptors (Lipinski definition) is 0. The van der Waals surface area contributed by atoms with Gasteiger partial charge in [0.1, 0.15) is 0 Å². The molecule has 0 atom stereocenters. The van der Waals surface area contributed by atoms with Gasteiger partial charge in [-0.15, -0.1) is 0 Å². The fraction of sp³-hybridized carbons (Fsp3) is 0.333. The van der Waals surface area contributed by atoms with E-state index < -0.39 is 0 Å². The molecule has 12 heavy (non-hydrogen) atoms. The van der Waals surface area contributed by atoms with Crippen LogP contribution in [0, 0.1) is 6.92 Å². The molecule has 62 valence electrons. The third-order valence-electron chi connectivity index (χ3n) is 2.56. The Labute approximate surface area is 73.9 Å². The molecule has 0 saturated heterocycles. The van der Waals surface area contributed by atoms with Gasteiger partial charge in [0.2, 0.25) is 0 Å². The first-order chi connectivity index (χ1) is 5.81. The molecule has 0 unspecified atom stereocenters. The maximum Gasteiger partial charge on any atom is -0.00853 e. The van der Waals surface area contributed by atoms with E-state index in [4.69, 9.17) is 0 Å². The van der Waals surface area contributed by atoms with E-state index in [0.29, 0.717) is 0 Å². The van der Waals surface area contributed by atoms with Gasteiger partial charge in [0, 0.05) is 0 Å². The van der Waals surface area contributed by atoms with Gasteiger partial charge >= 0.3 is 0 Å². The summed E-state index contributed by atoms with van der Waals surface area (Å²) in [4.78, 5) is 0. The number of benzene rings is 1. The van der Waals surface area contributed by atoms with Gasteiger partial charge in [-0.2, -0.15) is 0 Å². The van der Waals surface area contributed by atoms with Crippen LogP contribution in [0.1, 0.15) is 30.0 Å². The molecule has 1 aliphatic rings. The number of fused-ring (bicyclic) bond motifs is 1. The molecule has 1 aliphatic carbocycles. The predicted octanol–water partition coefficient (Wildman–Crippen LogP) is 3.34. The minimum absolute atomic E-state index is 1.14. The van der Waals surface area contributed by atoms with E-state index in [1.165, 1.54) is 22.3 Å². The van der Waals surface area contributed by atoms with Crippen LogP contribution < -0.4 is 0 Å². The minimum atomic E-state index is 1.14. The molecule has 0 spiro atoms. The average molecular weight is 158 g/mol. The van der Waals surface area contributed by atoms with Gasteiger partial charge in [-0.1, -0.05) is 36.8 Å². The van der Waals surface area contributed by atoms with Gasteiger partial charge in [-0.05, 0) is 36.5 Å². The lowest BCUT2D eigenvalue weighted by Crippen LogP contribution is -1.84. The number of aryl methyl sites for hydroxylation is 1. The maximum atomic E-state index is 2.35. The van der Waals surface area contributed by atoms with E-state index in [1.54, 1.807) is 0 Å². The van der Waals surface area contributed by atoms with Crippen molar-refractivity contribution in [2.24, 2.45) is 0 Å².